The molecule has 0 unspecified atom stereocenters. The molecule has 1 saturated heterocycles. The van der Waals surface area contributed by atoms with E-state index in [1.165, 1.54) is 43.7 Å². The van der Waals surface area contributed by atoms with Crippen LogP contribution < -0.4 is 10.6 Å². The van der Waals surface area contributed by atoms with E-state index in [0.29, 0.717) is 29.2 Å². The zero-order chi connectivity index (χ0) is 28.1. The lowest BCUT2D eigenvalue weighted by atomic mass is 10.0. The molecule has 2 aliphatic rings. The van der Waals surface area contributed by atoms with Crippen molar-refractivity contribution in [2.45, 2.75) is 19.3 Å². The molecule has 10 heteroatoms. The summed E-state index contributed by atoms with van der Waals surface area (Å²) in [5.74, 6) is -1.07. The van der Waals surface area contributed by atoms with Gasteiger partial charge in [-0.1, -0.05) is 42.3 Å². The van der Waals surface area contributed by atoms with Crippen LogP contribution in [0.5, 0.6) is 5.75 Å². The first-order chi connectivity index (χ1) is 19.4. The van der Waals surface area contributed by atoms with E-state index in [-0.39, 0.29) is 28.7 Å². The second-order valence-electron chi connectivity index (χ2n) is 9.82. The Morgan fingerprint density at radius 2 is 1.70 bits per heavy atom. The van der Waals surface area contributed by atoms with Gasteiger partial charge in [0.25, 0.3) is 17.7 Å². The Bertz CT molecular complexity index is 1430. The van der Waals surface area contributed by atoms with Crippen molar-refractivity contribution in [3.05, 3.63) is 88.6 Å². The largest absolute Gasteiger partial charge is 0.506 e. The Hall–Kier alpha value is -4.21. The van der Waals surface area contributed by atoms with Gasteiger partial charge < -0.3 is 25.5 Å². The lowest BCUT2D eigenvalue weighted by Gasteiger charge is -2.28. The quantitative estimate of drug-likeness (QED) is 0.346. The molecule has 1 aromatic heterocycles. The molecule has 3 N–H and O–H groups in total. The van der Waals surface area contributed by atoms with E-state index in [1.807, 2.05) is 11.0 Å². The van der Waals surface area contributed by atoms with Crippen LogP contribution in [0.2, 0.25) is 5.02 Å². The van der Waals surface area contributed by atoms with Gasteiger partial charge in [0.1, 0.15) is 11.6 Å². The topological polar surface area (TPSA) is 115 Å². The van der Waals surface area contributed by atoms with Crippen LogP contribution in [0.25, 0.3) is 5.57 Å². The normalized spacial score (nSPS) is 15.6. The second kappa shape index (κ2) is 12.3. The minimum Gasteiger partial charge on any atom is -0.506 e. The minimum absolute atomic E-state index is 0.00532. The van der Waals surface area contributed by atoms with Crippen LogP contribution in [0.1, 0.15) is 45.5 Å². The summed E-state index contributed by atoms with van der Waals surface area (Å²) in [5.41, 5.74) is 1.71. The molecule has 9 nitrogen and oxygen atoms in total. The molecule has 3 aromatic rings. The molecule has 2 aliphatic heterocycles. The number of anilines is 2. The third-order valence-electron chi connectivity index (χ3n) is 7.12. The molecule has 0 spiro atoms. The highest BCUT2D eigenvalue weighted by Crippen LogP contribution is 2.29. The average molecular weight is 560 g/mol. The molecule has 0 aliphatic carbocycles. The Labute approximate surface area is 237 Å². The first-order valence-electron chi connectivity index (χ1n) is 13.3. The van der Waals surface area contributed by atoms with Crippen LogP contribution in [0.4, 0.5) is 11.5 Å². The lowest BCUT2D eigenvalue weighted by Crippen LogP contribution is -2.38. The standard InChI is InChI=1S/C30H30ClN5O4/c31-22-11-12-26(32-19-22)33-29(39)24-5-4-6-25(37)27(24)34-28(38)21-9-7-20(8-10-21)23-13-16-36(30(23)40)18-17-35-14-2-1-3-15-35/h4-13,19,37H,1-3,14-18H2,(H,34,38)(H,32,33,39). The number of aromatic hydroxyl groups is 1. The van der Waals surface area contributed by atoms with Crippen LogP contribution in [0.15, 0.2) is 66.9 Å². The predicted octanol–water partition coefficient (Wildman–Crippen LogP) is 4.66. The number of likely N-dealkylation sites (tertiary alicyclic amines) is 1. The minimum atomic E-state index is -0.562. The number of piperidine rings is 1. The maximum absolute atomic E-state index is 13.0. The summed E-state index contributed by atoms with van der Waals surface area (Å²) in [7, 11) is 0. The number of rotatable bonds is 8. The van der Waals surface area contributed by atoms with E-state index in [9.17, 15) is 19.5 Å². The van der Waals surface area contributed by atoms with Crippen molar-refractivity contribution in [1.29, 1.82) is 0 Å². The van der Waals surface area contributed by atoms with E-state index in [1.54, 1.807) is 36.4 Å². The van der Waals surface area contributed by atoms with Crippen molar-refractivity contribution in [3.8, 4) is 5.75 Å². The van der Waals surface area contributed by atoms with Crippen molar-refractivity contribution in [2.24, 2.45) is 0 Å². The molecular weight excluding hydrogens is 530 g/mol. The molecule has 0 radical (unpaired) electrons. The highest BCUT2D eigenvalue weighted by Gasteiger charge is 2.26. The van der Waals surface area contributed by atoms with Crippen LogP contribution in [-0.2, 0) is 4.79 Å². The van der Waals surface area contributed by atoms with E-state index in [0.717, 1.165) is 25.2 Å². The number of nitrogens with zero attached hydrogens (tertiary/aromatic N) is 3. The van der Waals surface area contributed by atoms with E-state index in [2.05, 4.69) is 20.5 Å². The van der Waals surface area contributed by atoms with Gasteiger partial charge in [-0.3, -0.25) is 14.4 Å². The third-order valence-corrected chi connectivity index (χ3v) is 7.34. The van der Waals surface area contributed by atoms with Crippen molar-refractivity contribution >= 4 is 46.4 Å². The maximum atomic E-state index is 13.0. The summed E-state index contributed by atoms with van der Waals surface area (Å²) < 4.78 is 0. The number of aromatic nitrogens is 1. The van der Waals surface area contributed by atoms with Gasteiger partial charge >= 0.3 is 0 Å². The van der Waals surface area contributed by atoms with Gasteiger partial charge in [-0.05, 0) is 67.9 Å². The fraction of sp³-hybridized carbons (Fsp3) is 0.267. The van der Waals surface area contributed by atoms with E-state index >= 15 is 0 Å². The van der Waals surface area contributed by atoms with Crippen LogP contribution in [0, 0.1) is 0 Å². The highest BCUT2D eigenvalue weighted by atomic mass is 35.5. The summed E-state index contributed by atoms with van der Waals surface area (Å²) >= 11 is 5.85. The first-order valence-corrected chi connectivity index (χ1v) is 13.7. The Balaban J connectivity index is 1.22. The van der Waals surface area contributed by atoms with Crippen LogP contribution in [-0.4, -0.2) is 70.3 Å². The summed E-state index contributed by atoms with van der Waals surface area (Å²) in [6, 6.07) is 14.2. The summed E-state index contributed by atoms with van der Waals surface area (Å²) in [5, 5.41) is 16.1. The predicted molar refractivity (Wildman–Crippen MR) is 155 cm³/mol. The number of halogens is 1. The Morgan fingerprint density at radius 1 is 0.925 bits per heavy atom. The molecule has 0 saturated carbocycles. The zero-order valence-corrected chi connectivity index (χ0v) is 22.7. The third kappa shape index (κ3) is 6.32. The highest BCUT2D eigenvalue weighted by molar-refractivity contribution is 6.30. The Morgan fingerprint density at radius 3 is 2.42 bits per heavy atom. The maximum Gasteiger partial charge on any atom is 0.259 e. The van der Waals surface area contributed by atoms with Gasteiger partial charge in [0.05, 0.1) is 16.3 Å². The van der Waals surface area contributed by atoms with Gasteiger partial charge in [-0.2, -0.15) is 0 Å². The molecular formula is C30H30ClN5O4. The van der Waals surface area contributed by atoms with Gasteiger partial charge in [-0.15, -0.1) is 0 Å². The number of carbonyl (C=O) groups is 3. The number of para-hydroxylation sites is 1. The van der Waals surface area contributed by atoms with Gasteiger partial charge in [0.15, 0.2) is 0 Å². The fourth-order valence-corrected chi connectivity index (χ4v) is 5.01. The number of amides is 3. The SMILES string of the molecule is O=C(Nc1c(O)cccc1C(=O)Nc1ccc(Cl)cn1)c1ccc(C2=CCN(CCN3CCCCC3)C2=O)cc1. The van der Waals surface area contributed by atoms with Crippen LogP contribution in [0.3, 0.4) is 0 Å². The lowest BCUT2D eigenvalue weighted by molar-refractivity contribution is -0.123. The van der Waals surface area contributed by atoms with E-state index < -0.39 is 11.8 Å². The molecule has 0 bridgehead atoms. The van der Waals surface area contributed by atoms with E-state index in [4.69, 9.17) is 11.6 Å². The molecule has 3 amide bonds. The summed E-state index contributed by atoms with van der Waals surface area (Å²) in [4.78, 5) is 47.2. The molecule has 1 fully saturated rings. The Kier molecular flexibility index (Phi) is 8.42. The first kappa shape index (κ1) is 27.4. The number of benzene rings is 2. The van der Waals surface area contributed by atoms with Gasteiger partial charge in [0, 0.05) is 37.0 Å². The van der Waals surface area contributed by atoms with Crippen molar-refractivity contribution in [2.75, 3.05) is 43.4 Å². The molecule has 40 heavy (non-hydrogen) atoms. The number of carbonyl (C=O) groups excluding carboxylic acids is 3. The number of phenols is 1. The van der Waals surface area contributed by atoms with Crippen LogP contribution >= 0.6 is 11.6 Å². The zero-order valence-electron chi connectivity index (χ0n) is 21.9. The average Bonchev–Trinajstić information content (AvgIpc) is 3.34. The number of hydrogen-bond acceptors (Lipinski definition) is 6. The molecule has 0 atom stereocenters. The smallest absolute Gasteiger partial charge is 0.259 e. The van der Waals surface area contributed by atoms with Gasteiger partial charge in [0.2, 0.25) is 0 Å². The summed E-state index contributed by atoms with van der Waals surface area (Å²) in [6.45, 7) is 4.35. The number of hydrogen-bond donors (Lipinski definition) is 3. The van der Waals surface area contributed by atoms with Gasteiger partial charge in [-0.25, -0.2) is 4.98 Å². The molecule has 2 aromatic carbocycles. The number of nitrogens with one attached hydrogen (secondary N) is 2. The fourth-order valence-electron chi connectivity index (χ4n) is 4.90. The molecule has 5 rings (SSSR count). The molecule has 206 valence electrons. The van der Waals surface area contributed by atoms with Crippen molar-refractivity contribution in [1.82, 2.24) is 14.8 Å². The number of phenolic OH excluding ortho intramolecular Hbond substituents is 1. The number of pyridine rings is 1. The van der Waals surface area contributed by atoms with Crippen molar-refractivity contribution in [3.63, 3.8) is 0 Å². The molecule has 3 heterocycles. The monoisotopic (exact) mass is 559 g/mol. The van der Waals surface area contributed by atoms with Crippen molar-refractivity contribution < 1.29 is 19.5 Å². The second-order valence-corrected chi connectivity index (χ2v) is 10.3. The summed E-state index contributed by atoms with van der Waals surface area (Å²) in [6.07, 6.45) is 7.04.